The van der Waals surface area contributed by atoms with Crippen LogP contribution in [0.1, 0.15) is 55.9 Å². The molecule has 43 heavy (non-hydrogen) atoms. The molecule has 2 aliphatic rings. The number of likely N-dealkylation sites (tertiary alicyclic amines) is 1. The lowest BCUT2D eigenvalue weighted by Crippen LogP contribution is -2.52. The number of ether oxygens (including phenoxy) is 2. The SMILES string of the molecule is CC(C)(C)OC(=O)N1CCC2(S(=O)(=O)c3ccc(F)cc3)c3ccc(OCc4c(F)cccc4C(F)(F)F)cc3CCC12. The van der Waals surface area contributed by atoms with Crippen molar-refractivity contribution in [1.82, 2.24) is 4.90 Å². The van der Waals surface area contributed by atoms with E-state index in [4.69, 9.17) is 9.47 Å². The van der Waals surface area contributed by atoms with Crippen LogP contribution < -0.4 is 4.74 Å². The Kier molecular flexibility index (Phi) is 7.73. The first-order valence-corrected chi connectivity index (χ1v) is 15.1. The highest BCUT2D eigenvalue weighted by atomic mass is 32.2. The summed E-state index contributed by atoms with van der Waals surface area (Å²) >= 11 is 0. The average molecular weight is 624 g/mol. The number of nitrogens with zero attached hydrogens (tertiary/aromatic N) is 1. The molecule has 0 N–H and O–H groups in total. The fourth-order valence-corrected chi connectivity index (χ4v) is 8.45. The molecule has 1 heterocycles. The van der Waals surface area contributed by atoms with Crippen LogP contribution in [0.25, 0.3) is 0 Å². The molecule has 6 nitrogen and oxygen atoms in total. The molecule has 1 saturated heterocycles. The van der Waals surface area contributed by atoms with Gasteiger partial charge < -0.3 is 14.4 Å². The van der Waals surface area contributed by atoms with Crippen LogP contribution in [0.2, 0.25) is 0 Å². The Bertz CT molecular complexity index is 1650. The van der Waals surface area contributed by atoms with Crippen molar-refractivity contribution >= 4 is 15.9 Å². The van der Waals surface area contributed by atoms with Gasteiger partial charge in [0.1, 0.15) is 34.3 Å². The lowest BCUT2D eigenvalue weighted by atomic mass is 9.78. The topological polar surface area (TPSA) is 72.9 Å². The van der Waals surface area contributed by atoms with Gasteiger partial charge in [-0.15, -0.1) is 0 Å². The number of aryl methyl sites for hydroxylation is 1. The minimum atomic E-state index is -4.78. The third kappa shape index (κ3) is 5.57. The standard InChI is InChI=1S/C31H30F5NO5S/c1-29(2,3)42-28(38)37-16-15-30(43(39,40)22-11-8-20(32)9-12-22)24-13-10-21(17-19(24)7-14-27(30)37)41-18-23-25(31(34,35)36)5-4-6-26(23)33/h4-6,8-13,17,27H,7,14-16,18H2,1-3H3. The van der Waals surface area contributed by atoms with E-state index in [9.17, 15) is 35.2 Å². The summed E-state index contributed by atoms with van der Waals surface area (Å²) in [6, 6.07) is 10.8. The molecule has 1 fully saturated rings. The second kappa shape index (κ2) is 10.8. The Morgan fingerprint density at radius 1 is 1.02 bits per heavy atom. The Hall–Kier alpha value is -3.67. The van der Waals surface area contributed by atoms with Crippen molar-refractivity contribution in [2.24, 2.45) is 0 Å². The van der Waals surface area contributed by atoms with Crippen LogP contribution in [0.15, 0.2) is 65.6 Å². The van der Waals surface area contributed by atoms with Crippen LogP contribution in [0.3, 0.4) is 0 Å². The Morgan fingerprint density at radius 2 is 1.72 bits per heavy atom. The predicted molar refractivity (Wildman–Crippen MR) is 147 cm³/mol. The van der Waals surface area contributed by atoms with Gasteiger partial charge in [0.15, 0.2) is 9.84 Å². The number of sulfone groups is 1. The van der Waals surface area contributed by atoms with Gasteiger partial charge in [0.05, 0.1) is 16.5 Å². The Balaban J connectivity index is 1.55. The van der Waals surface area contributed by atoms with Gasteiger partial charge in [-0.3, -0.25) is 0 Å². The molecule has 12 heteroatoms. The normalized spacial score (nSPS) is 20.4. The van der Waals surface area contributed by atoms with Gasteiger partial charge >= 0.3 is 12.3 Å². The van der Waals surface area contributed by atoms with E-state index < -0.39 is 67.9 Å². The fraction of sp³-hybridized carbons (Fsp3) is 0.387. The number of hydrogen-bond donors (Lipinski definition) is 0. The minimum absolute atomic E-state index is 0.0357. The maximum absolute atomic E-state index is 14.4. The third-order valence-electron chi connectivity index (χ3n) is 7.90. The van der Waals surface area contributed by atoms with Gasteiger partial charge in [-0.1, -0.05) is 12.1 Å². The molecule has 2 unspecified atom stereocenters. The molecule has 2 atom stereocenters. The molecule has 0 radical (unpaired) electrons. The average Bonchev–Trinajstić information content (AvgIpc) is 3.33. The predicted octanol–water partition coefficient (Wildman–Crippen LogP) is 7.19. The van der Waals surface area contributed by atoms with E-state index in [0.29, 0.717) is 17.5 Å². The van der Waals surface area contributed by atoms with E-state index in [0.717, 1.165) is 30.3 Å². The van der Waals surface area contributed by atoms with Crippen LogP contribution in [0, 0.1) is 11.6 Å². The first-order valence-electron chi connectivity index (χ1n) is 13.7. The minimum Gasteiger partial charge on any atom is -0.489 e. The van der Waals surface area contributed by atoms with Crippen molar-refractivity contribution in [3.8, 4) is 5.75 Å². The van der Waals surface area contributed by atoms with Gasteiger partial charge in [0.2, 0.25) is 0 Å². The summed E-state index contributed by atoms with van der Waals surface area (Å²) in [6.07, 6.45) is -4.84. The van der Waals surface area contributed by atoms with Gasteiger partial charge in [0, 0.05) is 12.1 Å². The molecule has 0 saturated carbocycles. The first kappa shape index (κ1) is 30.8. The summed E-state index contributed by atoms with van der Waals surface area (Å²) in [4.78, 5) is 14.5. The van der Waals surface area contributed by atoms with E-state index in [-0.39, 0.29) is 30.0 Å². The zero-order chi connectivity index (χ0) is 31.4. The van der Waals surface area contributed by atoms with E-state index in [1.165, 1.54) is 35.2 Å². The molecule has 3 aromatic carbocycles. The number of hydrogen-bond acceptors (Lipinski definition) is 5. The summed E-state index contributed by atoms with van der Waals surface area (Å²) in [6.45, 7) is 4.51. The molecule has 0 aromatic heterocycles. The number of rotatable bonds is 5. The van der Waals surface area contributed by atoms with Gasteiger partial charge in [-0.25, -0.2) is 22.0 Å². The fourth-order valence-electron chi connectivity index (χ4n) is 6.08. The number of fused-ring (bicyclic) bond motifs is 3. The summed E-state index contributed by atoms with van der Waals surface area (Å²) < 4.78 is 107. The third-order valence-corrected chi connectivity index (χ3v) is 10.4. The number of carbonyl (C=O) groups excluding carboxylic acids is 1. The van der Waals surface area contributed by atoms with Crippen molar-refractivity contribution in [2.45, 2.75) is 74.1 Å². The zero-order valence-electron chi connectivity index (χ0n) is 23.7. The van der Waals surface area contributed by atoms with Crippen LogP contribution >= 0.6 is 0 Å². The second-order valence-electron chi connectivity index (χ2n) is 11.7. The molecular formula is C31H30F5NO5S. The van der Waals surface area contributed by atoms with Gasteiger partial charge in [-0.05, 0) is 99.7 Å². The van der Waals surface area contributed by atoms with Crippen molar-refractivity contribution in [2.75, 3.05) is 6.54 Å². The highest BCUT2D eigenvalue weighted by molar-refractivity contribution is 7.92. The summed E-state index contributed by atoms with van der Waals surface area (Å²) in [5.74, 6) is -1.54. The van der Waals surface area contributed by atoms with E-state index in [2.05, 4.69) is 0 Å². The van der Waals surface area contributed by atoms with Crippen LogP contribution in [-0.4, -0.2) is 37.6 Å². The van der Waals surface area contributed by atoms with Crippen LogP contribution in [0.5, 0.6) is 5.75 Å². The molecular weight excluding hydrogens is 593 g/mol. The van der Waals surface area contributed by atoms with Gasteiger partial charge in [0.25, 0.3) is 0 Å². The number of amides is 1. The lowest BCUT2D eigenvalue weighted by Gasteiger charge is -2.42. The summed E-state index contributed by atoms with van der Waals surface area (Å²) in [5.41, 5.74) is -1.64. The second-order valence-corrected chi connectivity index (χ2v) is 13.9. The number of alkyl halides is 3. The smallest absolute Gasteiger partial charge is 0.416 e. The highest BCUT2D eigenvalue weighted by Crippen LogP contribution is 2.53. The number of benzene rings is 3. The maximum Gasteiger partial charge on any atom is 0.416 e. The molecule has 230 valence electrons. The molecule has 5 rings (SSSR count). The quantitative estimate of drug-likeness (QED) is 0.222. The number of carbonyl (C=O) groups is 1. The molecule has 1 aliphatic heterocycles. The van der Waals surface area contributed by atoms with E-state index in [1.807, 2.05) is 0 Å². The van der Waals surface area contributed by atoms with Crippen molar-refractivity contribution in [3.63, 3.8) is 0 Å². The molecule has 1 aliphatic carbocycles. The maximum atomic E-state index is 14.4. The van der Waals surface area contributed by atoms with E-state index >= 15 is 0 Å². The van der Waals surface area contributed by atoms with Crippen LogP contribution in [0.4, 0.5) is 26.7 Å². The summed E-state index contributed by atoms with van der Waals surface area (Å²) in [7, 11) is -4.23. The zero-order valence-corrected chi connectivity index (χ0v) is 24.5. The molecule has 1 amide bonds. The van der Waals surface area contributed by atoms with Crippen LogP contribution in [-0.2, 0) is 38.5 Å². The first-order chi connectivity index (χ1) is 20.0. The summed E-state index contributed by atoms with van der Waals surface area (Å²) in [5, 5.41) is 0. The van der Waals surface area contributed by atoms with Crippen molar-refractivity contribution < 1.29 is 44.6 Å². The van der Waals surface area contributed by atoms with E-state index in [1.54, 1.807) is 20.8 Å². The highest BCUT2D eigenvalue weighted by Gasteiger charge is 2.61. The van der Waals surface area contributed by atoms with Crippen molar-refractivity contribution in [1.29, 1.82) is 0 Å². The van der Waals surface area contributed by atoms with Crippen molar-refractivity contribution in [3.05, 3.63) is 94.6 Å². The molecule has 3 aromatic rings. The lowest BCUT2D eigenvalue weighted by molar-refractivity contribution is -0.138. The Labute approximate surface area is 246 Å². The monoisotopic (exact) mass is 623 g/mol. The largest absolute Gasteiger partial charge is 0.489 e. The Morgan fingerprint density at radius 3 is 2.37 bits per heavy atom. The number of halogens is 5. The van der Waals surface area contributed by atoms with Gasteiger partial charge in [-0.2, -0.15) is 13.2 Å². The molecule has 0 bridgehead atoms. The molecule has 0 spiro atoms.